The summed E-state index contributed by atoms with van der Waals surface area (Å²) in [5.41, 5.74) is 5.14. The predicted molar refractivity (Wildman–Crippen MR) is 144 cm³/mol. The topological polar surface area (TPSA) is 39.3 Å². The van der Waals surface area contributed by atoms with Gasteiger partial charge in [0, 0.05) is 69.1 Å². The molecule has 0 radical (unpaired) electrons. The highest BCUT2D eigenvalue weighted by Crippen LogP contribution is 2.31. The van der Waals surface area contributed by atoms with Crippen LogP contribution in [0.5, 0.6) is 5.75 Å². The van der Waals surface area contributed by atoms with Gasteiger partial charge in [0.05, 0.1) is 0 Å². The van der Waals surface area contributed by atoms with Crippen molar-refractivity contribution in [3.63, 3.8) is 0 Å². The number of carbonyl (C=O) groups excluding carboxylic acids is 1. The molecule has 0 bridgehead atoms. The third-order valence-electron chi connectivity index (χ3n) is 7.42. The minimum Gasteiger partial charge on any atom is -0.484 e. The van der Waals surface area contributed by atoms with Crippen molar-refractivity contribution < 1.29 is 9.53 Å². The third kappa shape index (κ3) is 5.08. The first-order chi connectivity index (χ1) is 17.0. The monoisotopic (exact) mass is 472 g/mol. The molecule has 2 fully saturated rings. The molecule has 6 heteroatoms. The lowest BCUT2D eigenvalue weighted by molar-refractivity contribution is -0.133. The zero-order chi connectivity index (χ0) is 24.4. The first-order valence-corrected chi connectivity index (χ1v) is 12.7. The fourth-order valence-corrected chi connectivity index (χ4v) is 5.37. The summed E-state index contributed by atoms with van der Waals surface area (Å²) in [4.78, 5) is 22.1. The lowest BCUT2D eigenvalue weighted by atomic mass is 10.1. The molecule has 2 heterocycles. The maximum absolute atomic E-state index is 12.9. The van der Waals surface area contributed by atoms with E-state index in [-0.39, 0.29) is 12.5 Å². The van der Waals surface area contributed by atoms with E-state index in [4.69, 9.17) is 4.74 Å². The Morgan fingerprint density at radius 2 is 1.46 bits per heavy atom. The summed E-state index contributed by atoms with van der Waals surface area (Å²) < 4.78 is 6.01. The molecule has 3 aromatic rings. The molecule has 3 aromatic carbocycles. The van der Waals surface area contributed by atoms with Gasteiger partial charge >= 0.3 is 0 Å². The lowest BCUT2D eigenvalue weighted by Gasteiger charge is -2.37. The summed E-state index contributed by atoms with van der Waals surface area (Å²) >= 11 is 0. The van der Waals surface area contributed by atoms with Gasteiger partial charge in [0.25, 0.3) is 5.91 Å². The van der Waals surface area contributed by atoms with Crippen LogP contribution < -0.4 is 14.5 Å². The summed E-state index contributed by atoms with van der Waals surface area (Å²) in [7, 11) is 2.17. The van der Waals surface area contributed by atoms with E-state index in [1.807, 2.05) is 11.0 Å². The highest BCUT2D eigenvalue weighted by Gasteiger charge is 2.23. The van der Waals surface area contributed by atoms with Gasteiger partial charge in [-0.25, -0.2) is 0 Å². The average Bonchev–Trinajstić information content (AvgIpc) is 2.87. The van der Waals surface area contributed by atoms with Crippen molar-refractivity contribution in [1.82, 2.24) is 9.80 Å². The van der Waals surface area contributed by atoms with Gasteiger partial charge < -0.3 is 24.3 Å². The van der Waals surface area contributed by atoms with Crippen LogP contribution in [0.4, 0.5) is 11.4 Å². The Morgan fingerprint density at radius 1 is 0.800 bits per heavy atom. The molecule has 0 atom stereocenters. The molecule has 0 spiro atoms. The predicted octanol–water partition coefficient (Wildman–Crippen LogP) is 3.94. The number of hydrogen-bond donors (Lipinski definition) is 0. The number of benzene rings is 3. The van der Waals surface area contributed by atoms with Gasteiger partial charge in [0.2, 0.25) is 0 Å². The molecule has 0 N–H and O–H groups in total. The Labute approximate surface area is 208 Å². The van der Waals surface area contributed by atoms with Gasteiger partial charge in [-0.15, -0.1) is 0 Å². The van der Waals surface area contributed by atoms with Crippen molar-refractivity contribution in [1.29, 1.82) is 0 Å². The zero-order valence-corrected chi connectivity index (χ0v) is 21.2. The van der Waals surface area contributed by atoms with Gasteiger partial charge in [0.15, 0.2) is 6.61 Å². The maximum Gasteiger partial charge on any atom is 0.260 e. The van der Waals surface area contributed by atoms with E-state index in [9.17, 15) is 4.79 Å². The van der Waals surface area contributed by atoms with Gasteiger partial charge in [-0.3, -0.25) is 4.79 Å². The first kappa shape index (κ1) is 23.5. The molecule has 6 nitrogen and oxygen atoms in total. The standard InChI is InChI=1S/C29H36N4O2/c1-22-6-4-7-23(2)29(22)33-18-16-32(17-19-33)28(34)21-35-25-11-10-24-8-5-9-27(26(24)20-25)31-14-12-30(3)13-15-31/h4-11,20H,12-19,21H2,1-3H3. The molecular formula is C29H36N4O2. The number of aryl methyl sites for hydroxylation is 2. The quantitative estimate of drug-likeness (QED) is 0.563. The smallest absolute Gasteiger partial charge is 0.260 e. The summed E-state index contributed by atoms with van der Waals surface area (Å²) in [5.74, 6) is 0.806. The second-order valence-corrected chi connectivity index (χ2v) is 9.85. The number of piperazine rings is 2. The average molecular weight is 473 g/mol. The lowest BCUT2D eigenvalue weighted by Crippen LogP contribution is -2.50. The van der Waals surface area contributed by atoms with Crippen LogP contribution in [0.1, 0.15) is 11.1 Å². The fourth-order valence-electron chi connectivity index (χ4n) is 5.37. The molecular weight excluding hydrogens is 436 g/mol. The van der Waals surface area contributed by atoms with Gasteiger partial charge in [-0.1, -0.05) is 36.4 Å². The molecule has 0 unspecified atom stereocenters. The van der Waals surface area contributed by atoms with Crippen molar-refractivity contribution in [3.8, 4) is 5.75 Å². The van der Waals surface area contributed by atoms with Crippen LogP contribution in [0.25, 0.3) is 10.8 Å². The van der Waals surface area contributed by atoms with E-state index < -0.39 is 0 Å². The Morgan fingerprint density at radius 3 is 2.17 bits per heavy atom. The van der Waals surface area contributed by atoms with Gasteiger partial charge in [-0.05, 0) is 55.6 Å². The van der Waals surface area contributed by atoms with Crippen LogP contribution >= 0.6 is 0 Å². The molecule has 0 saturated carbocycles. The van der Waals surface area contributed by atoms with E-state index in [0.29, 0.717) is 0 Å². The van der Waals surface area contributed by atoms with Gasteiger partial charge in [-0.2, -0.15) is 0 Å². The fraction of sp³-hybridized carbons (Fsp3) is 0.414. The zero-order valence-electron chi connectivity index (χ0n) is 21.2. The van der Waals surface area contributed by atoms with E-state index in [0.717, 1.165) is 58.1 Å². The minimum atomic E-state index is 0.0543. The Hall–Kier alpha value is -3.25. The molecule has 184 valence electrons. The number of likely N-dealkylation sites (N-methyl/N-ethyl adjacent to an activating group) is 1. The van der Waals surface area contributed by atoms with E-state index in [2.05, 4.69) is 84.1 Å². The second kappa shape index (κ2) is 10.2. The molecule has 2 aliphatic heterocycles. The third-order valence-corrected chi connectivity index (χ3v) is 7.42. The van der Waals surface area contributed by atoms with Crippen LogP contribution in [-0.2, 0) is 4.79 Å². The van der Waals surface area contributed by atoms with Gasteiger partial charge in [0.1, 0.15) is 5.75 Å². The van der Waals surface area contributed by atoms with Crippen LogP contribution in [0.3, 0.4) is 0 Å². The van der Waals surface area contributed by atoms with Crippen LogP contribution in [0, 0.1) is 13.8 Å². The van der Waals surface area contributed by atoms with E-state index in [1.54, 1.807) is 0 Å². The molecule has 5 rings (SSSR count). The minimum absolute atomic E-state index is 0.0543. The van der Waals surface area contributed by atoms with Crippen molar-refractivity contribution >= 4 is 28.1 Å². The van der Waals surface area contributed by atoms with Crippen molar-refractivity contribution in [2.45, 2.75) is 13.8 Å². The van der Waals surface area contributed by atoms with E-state index >= 15 is 0 Å². The molecule has 2 saturated heterocycles. The first-order valence-electron chi connectivity index (χ1n) is 12.7. The maximum atomic E-state index is 12.9. The number of anilines is 2. The second-order valence-electron chi connectivity index (χ2n) is 9.85. The Bertz CT molecular complexity index is 1170. The molecule has 0 aromatic heterocycles. The summed E-state index contributed by atoms with van der Waals surface area (Å²) in [6.45, 7) is 11.7. The van der Waals surface area contributed by atoms with Crippen molar-refractivity contribution in [2.75, 3.05) is 75.8 Å². The van der Waals surface area contributed by atoms with Crippen molar-refractivity contribution in [2.24, 2.45) is 0 Å². The number of nitrogens with zero attached hydrogens (tertiary/aromatic N) is 4. The van der Waals surface area contributed by atoms with Crippen molar-refractivity contribution in [3.05, 3.63) is 65.7 Å². The number of fused-ring (bicyclic) bond motifs is 1. The SMILES string of the molecule is Cc1cccc(C)c1N1CCN(C(=O)COc2ccc3cccc(N4CCN(C)CC4)c3c2)CC1. The number of carbonyl (C=O) groups is 1. The molecule has 1 amide bonds. The Kier molecular flexibility index (Phi) is 6.82. The molecule has 2 aliphatic rings. The number of rotatable bonds is 5. The number of para-hydroxylation sites is 1. The normalized spacial score (nSPS) is 17.2. The van der Waals surface area contributed by atoms with Crippen LogP contribution in [0.2, 0.25) is 0 Å². The van der Waals surface area contributed by atoms with Crippen LogP contribution in [0.15, 0.2) is 54.6 Å². The Balaban J connectivity index is 1.21. The molecule has 35 heavy (non-hydrogen) atoms. The van der Waals surface area contributed by atoms with Crippen LogP contribution in [-0.4, -0.2) is 81.7 Å². The largest absolute Gasteiger partial charge is 0.484 e. The summed E-state index contributed by atoms with van der Waals surface area (Å²) in [6.07, 6.45) is 0. The number of ether oxygens (including phenoxy) is 1. The van der Waals surface area contributed by atoms with E-state index in [1.165, 1.54) is 33.3 Å². The number of hydrogen-bond acceptors (Lipinski definition) is 5. The highest BCUT2D eigenvalue weighted by molar-refractivity contribution is 5.95. The molecule has 0 aliphatic carbocycles. The summed E-state index contributed by atoms with van der Waals surface area (Å²) in [5, 5.41) is 2.38. The number of amides is 1. The highest BCUT2D eigenvalue weighted by atomic mass is 16.5. The summed E-state index contributed by atoms with van der Waals surface area (Å²) in [6, 6.07) is 19.0.